The molecule has 0 aliphatic rings. The zero-order valence-corrected chi connectivity index (χ0v) is 54.9. The molecule has 83 heavy (non-hydrogen) atoms. The summed E-state index contributed by atoms with van der Waals surface area (Å²) in [4.78, 5) is 38.5. The fourth-order valence-corrected chi connectivity index (χ4v) is 10.3. The highest BCUT2D eigenvalue weighted by Gasteiger charge is 2.19. The van der Waals surface area contributed by atoms with E-state index in [9.17, 15) is 14.4 Å². The lowest BCUT2D eigenvalue weighted by Gasteiger charge is -2.18. The molecule has 0 N–H and O–H groups in total. The zero-order chi connectivity index (χ0) is 59.9. The second-order valence-electron chi connectivity index (χ2n) is 23.7. The van der Waals surface area contributed by atoms with E-state index in [2.05, 4.69) is 118 Å². The predicted octanol–water partition coefficient (Wildman–Crippen LogP) is 24.8. The first-order valence-electron chi connectivity index (χ1n) is 35.7. The average Bonchev–Trinajstić information content (AvgIpc) is 3.49. The second kappa shape index (κ2) is 70.8. The highest BCUT2D eigenvalue weighted by Crippen LogP contribution is 2.17. The third-order valence-corrected chi connectivity index (χ3v) is 15.6. The lowest BCUT2D eigenvalue weighted by molar-refractivity contribution is -0.167. The van der Waals surface area contributed by atoms with Crippen LogP contribution in [0.4, 0.5) is 0 Å². The van der Waals surface area contributed by atoms with Crippen LogP contribution in [0.1, 0.15) is 355 Å². The molecule has 1 unspecified atom stereocenters. The fraction of sp³-hybridized carbons (Fsp3) is 0.753. The molecule has 0 rings (SSSR count). The molecule has 6 nitrogen and oxygen atoms in total. The van der Waals surface area contributed by atoms with Gasteiger partial charge in [-0.05, 0) is 116 Å². The van der Waals surface area contributed by atoms with Crippen LogP contribution in [-0.2, 0) is 28.6 Å². The number of carbonyl (C=O) groups is 3. The molecule has 0 radical (unpaired) electrons. The number of unbranched alkanes of at least 4 members (excludes halogenated alkanes) is 38. The molecule has 0 heterocycles. The van der Waals surface area contributed by atoms with E-state index in [0.29, 0.717) is 19.3 Å². The van der Waals surface area contributed by atoms with Gasteiger partial charge in [0.2, 0.25) is 0 Å². The van der Waals surface area contributed by atoms with E-state index in [1.165, 1.54) is 205 Å². The molecular formula is C77H134O6. The molecule has 0 aliphatic carbocycles. The number of hydrogen-bond donors (Lipinski definition) is 0. The van der Waals surface area contributed by atoms with Crippen molar-refractivity contribution in [3.8, 4) is 0 Å². The number of ether oxygens (including phenoxy) is 3. The minimum atomic E-state index is -0.785. The first kappa shape index (κ1) is 79.3. The number of allylic oxidation sites excluding steroid dienone is 16. The van der Waals surface area contributed by atoms with Gasteiger partial charge in [0.15, 0.2) is 6.10 Å². The summed E-state index contributed by atoms with van der Waals surface area (Å²) < 4.78 is 17.0. The van der Waals surface area contributed by atoms with Crippen LogP contribution in [0.3, 0.4) is 0 Å². The van der Waals surface area contributed by atoms with Crippen molar-refractivity contribution >= 4 is 17.9 Å². The van der Waals surface area contributed by atoms with Crippen molar-refractivity contribution in [3.63, 3.8) is 0 Å². The number of esters is 3. The fourth-order valence-electron chi connectivity index (χ4n) is 10.3. The maximum absolute atomic E-state index is 13.0. The van der Waals surface area contributed by atoms with E-state index >= 15 is 0 Å². The number of rotatable bonds is 65. The van der Waals surface area contributed by atoms with Crippen molar-refractivity contribution in [2.75, 3.05) is 13.2 Å². The molecule has 0 aromatic heterocycles. The standard InChI is InChI=1S/C77H134O6/c1-4-7-10-13-16-19-22-25-28-31-33-35-36-37-38-39-40-42-43-46-49-52-55-58-61-64-67-70-76(79)82-73-74(72-81-75(78)69-66-63-60-57-54-51-48-45-30-27-24-21-18-15-12-9-6-3)83-77(80)71-68-65-62-59-56-53-50-47-44-41-34-32-29-26-23-20-17-14-11-8-5-2/h7,9-10,12,16,18-19,21,25,27-28,30,32-35,74H,4-6,8,11,13-15,17,20,22-24,26,29,31,36-73H2,1-3H3/b10-7-,12-9-,19-16-,21-18-,28-25-,30-27-,34-32-,35-33-. The first-order valence-corrected chi connectivity index (χ1v) is 35.7. The van der Waals surface area contributed by atoms with Crippen molar-refractivity contribution in [1.82, 2.24) is 0 Å². The molecule has 0 saturated carbocycles. The molecule has 6 heteroatoms. The highest BCUT2D eigenvalue weighted by molar-refractivity contribution is 5.71. The zero-order valence-electron chi connectivity index (χ0n) is 54.9. The Morgan fingerprint density at radius 1 is 0.253 bits per heavy atom. The van der Waals surface area contributed by atoms with Crippen LogP contribution in [0, 0.1) is 0 Å². The molecule has 0 aliphatic heterocycles. The summed E-state index contributed by atoms with van der Waals surface area (Å²) in [7, 11) is 0. The van der Waals surface area contributed by atoms with Gasteiger partial charge in [0.05, 0.1) is 0 Å². The normalized spacial score (nSPS) is 12.7. The Morgan fingerprint density at radius 3 is 0.747 bits per heavy atom. The summed E-state index contributed by atoms with van der Waals surface area (Å²) >= 11 is 0. The van der Waals surface area contributed by atoms with Crippen molar-refractivity contribution in [3.05, 3.63) is 97.2 Å². The molecule has 0 spiro atoms. The maximum atomic E-state index is 13.0. The molecule has 478 valence electrons. The van der Waals surface area contributed by atoms with E-state index in [-0.39, 0.29) is 31.1 Å². The minimum absolute atomic E-state index is 0.0795. The third-order valence-electron chi connectivity index (χ3n) is 15.6. The van der Waals surface area contributed by atoms with E-state index in [4.69, 9.17) is 14.2 Å². The number of hydrogen-bond acceptors (Lipinski definition) is 6. The predicted molar refractivity (Wildman–Crippen MR) is 362 cm³/mol. The summed E-state index contributed by atoms with van der Waals surface area (Å²) in [6.45, 7) is 6.46. The van der Waals surface area contributed by atoms with Gasteiger partial charge in [-0.15, -0.1) is 0 Å². The minimum Gasteiger partial charge on any atom is -0.462 e. The van der Waals surface area contributed by atoms with Gasteiger partial charge >= 0.3 is 17.9 Å². The molecule has 0 bridgehead atoms. The van der Waals surface area contributed by atoms with Gasteiger partial charge in [0, 0.05) is 19.3 Å². The largest absolute Gasteiger partial charge is 0.462 e. The Morgan fingerprint density at radius 2 is 0.470 bits per heavy atom. The van der Waals surface area contributed by atoms with Gasteiger partial charge < -0.3 is 14.2 Å². The van der Waals surface area contributed by atoms with E-state index in [0.717, 1.165) is 109 Å². The van der Waals surface area contributed by atoms with Crippen molar-refractivity contribution in [1.29, 1.82) is 0 Å². The maximum Gasteiger partial charge on any atom is 0.306 e. The summed E-state index contributed by atoms with van der Waals surface area (Å²) in [6.07, 6.45) is 95.7. The van der Waals surface area contributed by atoms with Crippen LogP contribution in [0.5, 0.6) is 0 Å². The van der Waals surface area contributed by atoms with Crippen LogP contribution in [0.15, 0.2) is 97.2 Å². The summed E-state index contributed by atoms with van der Waals surface area (Å²) in [5, 5.41) is 0. The van der Waals surface area contributed by atoms with Crippen LogP contribution in [0.2, 0.25) is 0 Å². The smallest absolute Gasteiger partial charge is 0.306 e. The summed E-state index contributed by atoms with van der Waals surface area (Å²) in [6, 6.07) is 0. The molecule has 0 fully saturated rings. The first-order chi connectivity index (χ1) is 41.0. The Balaban J connectivity index is 4.32. The molecule has 1 atom stereocenters. The second-order valence-corrected chi connectivity index (χ2v) is 23.7. The topological polar surface area (TPSA) is 78.9 Å². The lowest BCUT2D eigenvalue weighted by Crippen LogP contribution is -2.30. The third kappa shape index (κ3) is 69.0. The van der Waals surface area contributed by atoms with Crippen LogP contribution >= 0.6 is 0 Å². The molecule has 0 saturated heterocycles. The molecule has 0 aromatic carbocycles. The average molecular weight is 1160 g/mol. The van der Waals surface area contributed by atoms with Crippen molar-refractivity contribution in [2.45, 2.75) is 361 Å². The molecule has 0 aromatic rings. The van der Waals surface area contributed by atoms with Crippen LogP contribution in [-0.4, -0.2) is 37.2 Å². The molecular weight excluding hydrogens is 1020 g/mol. The van der Waals surface area contributed by atoms with Crippen LogP contribution < -0.4 is 0 Å². The Kier molecular flexibility index (Phi) is 67.7. The van der Waals surface area contributed by atoms with Gasteiger partial charge in [-0.1, -0.05) is 317 Å². The highest BCUT2D eigenvalue weighted by atomic mass is 16.6. The van der Waals surface area contributed by atoms with Gasteiger partial charge in [-0.3, -0.25) is 14.4 Å². The van der Waals surface area contributed by atoms with Gasteiger partial charge in [0.1, 0.15) is 13.2 Å². The van der Waals surface area contributed by atoms with E-state index in [1.54, 1.807) is 0 Å². The van der Waals surface area contributed by atoms with E-state index in [1.807, 2.05) is 0 Å². The summed E-state index contributed by atoms with van der Waals surface area (Å²) in [5.74, 6) is -0.874. The molecule has 0 amide bonds. The Hall–Kier alpha value is -3.67. The Bertz CT molecular complexity index is 1610. The van der Waals surface area contributed by atoms with Gasteiger partial charge in [-0.25, -0.2) is 0 Å². The van der Waals surface area contributed by atoms with Crippen molar-refractivity contribution in [2.24, 2.45) is 0 Å². The van der Waals surface area contributed by atoms with E-state index < -0.39 is 6.10 Å². The van der Waals surface area contributed by atoms with Crippen LogP contribution in [0.25, 0.3) is 0 Å². The SMILES string of the molecule is CC/C=C\C/C=C\C/C=C\C/C=C\CCCCCCCCCCCCCCCCC(=O)OCC(COC(=O)CCCCCCCCC/C=C\C/C=C\C/C=C\CC)OC(=O)CCCCCCCCCCC/C=C\CCCCCCCCCC. The Labute approximate surface area is 515 Å². The van der Waals surface area contributed by atoms with Gasteiger partial charge in [0.25, 0.3) is 0 Å². The summed E-state index contributed by atoms with van der Waals surface area (Å²) in [5.41, 5.74) is 0. The number of carbonyl (C=O) groups excluding carboxylic acids is 3. The lowest BCUT2D eigenvalue weighted by atomic mass is 10.0. The van der Waals surface area contributed by atoms with Gasteiger partial charge in [-0.2, -0.15) is 0 Å². The van der Waals surface area contributed by atoms with Crippen molar-refractivity contribution < 1.29 is 28.6 Å². The monoisotopic (exact) mass is 1160 g/mol. The quantitative estimate of drug-likeness (QED) is 0.0261.